The molecule has 0 atom stereocenters. The standard InChI is InChI=1S/C15H11BrF4N4/c16-9-5-10-12(22-2-4-24-3-1-21-8-24)7-13(15(18,19)20)23-14(10)11(17)6-9/h1,3,5-8H,2,4H2,(H,22,23). The Morgan fingerprint density at radius 1 is 1.21 bits per heavy atom. The molecule has 0 spiro atoms. The first kappa shape index (κ1) is 16.7. The molecule has 0 saturated carbocycles. The number of alkyl halides is 3. The molecular weight excluding hydrogens is 392 g/mol. The summed E-state index contributed by atoms with van der Waals surface area (Å²) in [6.45, 7) is 0.850. The number of hydrogen-bond donors (Lipinski definition) is 1. The minimum atomic E-state index is -4.66. The first-order valence-corrected chi connectivity index (χ1v) is 7.70. The van der Waals surface area contributed by atoms with Gasteiger partial charge in [-0.2, -0.15) is 13.2 Å². The van der Waals surface area contributed by atoms with E-state index in [2.05, 4.69) is 31.2 Å². The predicted octanol–water partition coefficient (Wildman–Crippen LogP) is 4.46. The number of fused-ring (bicyclic) bond motifs is 1. The van der Waals surface area contributed by atoms with Crippen LogP contribution in [0.25, 0.3) is 10.9 Å². The van der Waals surface area contributed by atoms with Gasteiger partial charge in [-0.05, 0) is 18.2 Å². The van der Waals surface area contributed by atoms with Crippen LogP contribution in [-0.4, -0.2) is 21.1 Å². The summed E-state index contributed by atoms with van der Waals surface area (Å²) in [5, 5.41) is 3.20. The minimum absolute atomic E-state index is 0.174. The minimum Gasteiger partial charge on any atom is -0.383 e. The topological polar surface area (TPSA) is 42.7 Å². The van der Waals surface area contributed by atoms with E-state index in [1.54, 1.807) is 23.3 Å². The molecule has 2 heterocycles. The van der Waals surface area contributed by atoms with E-state index in [0.29, 0.717) is 17.6 Å². The van der Waals surface area contributed by atoms with Gasteiger partial charge in [0.15, 0.2) is 5.82 Å². The molecule has 0 aliphatic carbocycles. The third-order valence-electron chi connectivity index (χ3n) is 3.37. The number of halogens is 5. The van der Waals surface area contributed by atoms with Crippen molar-refractivity contribution in [2.75, 3.05) is 11.9 Å². The van der Waals surface area contributed by atoms with E-state index in [1.165, 1.54) is 6.07 Å². The van der Waals surface area contributed by atoms with E-state index >= 15 is 0 Å². The van der Waals surface area contributed by atoms with E-state index in [4.69, 9.17) is 0 Å². The molecule has 1 aromatic carbocycles. The van der Waals surface area contributed by atoms with Crippen LogP contribution in [0.2, 0.25) is 0 Å². The molecule has 1 N–H and O–H groups in total. The second kappa shape index (κ2) is 6.39. The number of pyridine rings is 1. The molecule has 0 fully saturated rings. The quantitative estimate of drug-likeness (QED) is 0.655. The zero-order valence-electron chi connectivity index (χ0n) is 12.1. The molecule has 0 aliphatic rings. The number of nitrogens with one attached hydrogen (secondary N) is 1. The van der Waals surface area contributed by atoms with Crippen molar-refractivity contribution in [1.82, 2.24) is 14.5 Å². The van der Waals surface area contributed by atoms with Crippen molar-refractivity contribution in [3.05, 3.63) is 52.9 Å². The fraction of sp³-hybridized carbons (Fsp3) is 0.200. The highest BCUT2D eigenvalue weighted by Gasteiger charge is 2.33. The SMILES string of the molecule is Fc1cc(Br)cc2c(NCCn3ccnc3)cc(C(F)(F)F)nc12. The number of imidazole rings is 1. The predicted molar refractivity (Wildman–Crippen MR) is 85.1 cm³/mol. The van der Waals surface area contributed by atoms with Gasteiger partial charge in [0.1, 0.15) is 11.2 Å². The first-order chi connectivity index (χ1) is 11.3. The van der Waals surface area contributed by atoms with Crippen LogP contribution in [-0.2, 0) is 12.7 Å². The number of benzene rings is 1. The fourth-order valence-electron chi connectivity index (χ4n) is 2.28. The van der Waals surface area contributed by atoms with Crippen LogP contribution in [0.1, 0.15) is 5.69 Å². The van der Waals surface area contributed by atoms with Crippen LogP contribution in [0.4, 0.5) is 23.2 Å². The normalized spacial score (nSPS) is 11.9. The van der Waals surface area contributed by atoms with Gasteiger partial charge in [0.25, 0.3) is 0 Å². The second-order valence-corrected chi connectivity index (χ2v) is 5.98. The van der Waals surface area contributed by atoms with Gasteiger partial charge >= 0.3 is 6.18 Å². The van der Waals surface area contributed by atoms with Gasteiger partial charge in [-0.1, -0.05) is 15.9 Å². The lowest BCUT2D eigenvalue weighted by atomic mass is 10.1. The molecule has 0 saturated heterocycles. The highest BCUT2D eigenvalue weighted by atomic mass is 79.9. The first-order valence-electron chi connectivity index (χ1n) is 6.91. The van der Waals surface area contributed by atoms with Crippen molar-refractivity contribution in [2.45, 2.75) is 12.7 Å². The fourth-order valence-corrected chi connectivity index (χ4v) is 2.71. The van der Waals surface area contributed by atoms with E-state index in [1.807, 2.05) is 0 Å². The van der Waals surface area contributed by atoms with Gasteiger partial charge in [0.2, 0.25) is 0 Å². The van der Waals surface area contributed by atoms with Crippen LogP contribution < -0.4 is 5.32 Å². The summed E-state index contributed by atoms with van der Waals surface area (Å²) in [7, 11) is 0. The summed E-state index contributed by atoms with van der Waals surface area (Å²) in [5.41, 5.74) is -1.29. The summed E-state index contributed by atoms with van der Waals surface area (Å²) < 4.78 is 55.3. The largest absolute Gasteiger partial charge is 0.433 e. The Morgan fingerprint density at radius 2 is 2.00 bits per heavy atom. The average Bonchev–Trinajstić information content (AvgIpc) is 2.99. The van der Waals surface area contributed by atoms with Crippen LogP contribution in [0, 0.1) is 5.82 Å². The zero-order valence-corrected chi connectivity index (χ0v) is 13.7. The number of rotatable bonds is 4. The van der Waals surface area contributed by atoms with Crippen molar-refractivity contribution in [2.24, 2.45) is 0 Å². The van der Waals surface area contributed by atoms with Gasteiger partial charge in [-0.25, -0.2) is 14.4 Å². The highest BCUT2D eigenvalue weighted by molar-refractivity contribution is 9.10. The Kier molecular flexibility index (Phi) is 4.44. The second-order valence-electron chi connectivity index (χ2n) is 5.06. The Bertz CT molecular complexity index is 862. The van der Waals surface area contributed by atoms with Gasteiger partial charge in [0, 0.05) is 41.0 Å². The van der Waals surface area contributed by atoms with Crippen molar-refractivity contribution >= 4 is 32.5 Å². The molecule has 126 valence electrons. The Labute approximate surface area is 142 Å². The Hall–Kier alpha value is -2.16. The number of nitrogens with zero attached hydrogens (tertiary/aromatic N) is 3. The number of hydrogen-bond acceptors (Lipinski definition) is 3. The van der Waals surface area contributed by atoms with Gasteiger partial charge in [-0.3, -0.25) is 0 Å². The van der Waals surface area contributed by atoms with Crippen molar-refractivity contribution < 1.29 is 17.6 Å². The maximum Gasteiger partial charge on any atom is 0.433 e. The van der Waals surface area contributed by atoms with Crippen LogP contribution in [0.5, 0.6) is 0 Å². The van der Waals surface area contributed by atoms with Gasteiger partial charge in [-0.15, -0.1) is 0 Å². The maximum atomic E-state index is 14.0. The molecule has 0 unspecified atom stereocenters. The molecule has 0 amide bonds. The Morgan fingerprint density at radius 3 is 2.67 bits per heavy atom. The lowest BCUT2D eigenvalue weighted by Gasteiger charge is -2.14. The number of anilines is 1. The smallest absolute Gasteiger partial charge is 0.383 e. The molecule has 4 nitrogen and oxygen atoms in total. The monoisotopic (exact) mass is 402 g/mol. The zero-order chi connectivity index (χ0) is 17.3. The van der Waals surface area contributed by atoms with E-state index in [9.17, 15) is 17.6 Å². The lowest BCUT2D eigenvalue weighted by molar-refractivity contribution is -0.140. The average molecular weight is 403 g/mol. The third-order valence-corrected chi connectivity index (χ3v) is 3.82. The molecule has 24 heavy (non-hydrogen) atoms. The molecule has 2 aromatic heterocycles. The molecule has 0 bridgehead atoms. The van der Waals surface area contributed by atoms with Crippen molar-refractivity contribution in [3.8, 4) is 0 Å². The molecule has 0 radical (unpaired) electrons. The highest BCUT2D eigenvalue weighted by Crippen LogP contribution is 2.35. The molecule has 3 aromatic rings. The van der Waals surface area contributed by atoms with Crippen molar-refractivity contribution in [1.29, 1.82) is 0 Å². The van der Waals surface area contributed by atoms with Crippen LogP contribution in [0.3, 0.4) is 0 Å². The lowest BCUT2D eigenvalue weighted by Crippen LogP contribution is -2.13. The van der Waals surface area contributed by atoms with Crippen LogP contribution in [0.15, 0.2) is 41.4 Å². The summed E-state index contributed by atoms with van der Waals surface area (Å²) in [6, 6.07) is 3.51. The maximum absolute atomic E-state index is 14.0. The molecule has 0 aliphatic heterocycles. The van der Waals surface area contributed by atoms with E-state index < -0.39 is 17.7 Å². The van der Waals surface area contributed by atoms with E-state index in [-0.39, 0.29) is 16.6 Å². The summed E-state index contributed by atoms with van der Waals surface area (Å²) in [4.78, 5) is 7.32. The summed E-state index contributed by atoms with van der Waals surface area (Å²) >= 11 is 3.14. The van der Waals surface area contributed by atoms with Gasteiger partial charge in [0.05, 0.1) is 6.33 Å². The van der Waals surface area contributed by atoms with E-state index in [0.717, 1.165) is 12.1 Å². The third kappa shape index (κ3) is 3.50. The summed E-state index contributed by atoms with van der Waals surface area (Å²) in [5.74, 6) is -0.817. The number of aromatic nitrogens is 3. The molecule has 3 rings (SSSR count). The van der Waals surface area contributed by atoms with Crippen molar-refractivity contribution in [3.63, 3.8) is 0 Å². The molecule has 9 heteroatoms. The van der Waals surface area contributed by atoms with Crippen LogP contribution >= 0.6 is 15.9 Å². The molecular formula is C15H11BrF4N4. The summed E-state index contributed by atoms with van der Waals surface area (Å²) in [6.07, 6.45) is 0.290. The van der Waals surface area contributed by atoms with Gasteiger partial charge < -0.3 is 9.88 Å². The Balaban J connectivity index is 1.99.